The van der Waals surface area contributed by atoms with E-state index in [1.54, 1.807) is 0 Å². The van der Waals surface area contributed by atoms with Gasteiger partial charge in [-0.25, -0.2) is 0 Å². The highest BCUT2D eigenvalue weighted by atomic mass is 16.3. The Morgan fingerprint density at radius 2 is 1.54 bits per heavy atom. The molecule has 0 unspecified atom stereocenters. The third kappa shape index (κ3) is 3.52. The largest absolute Gasteiger partial charge is 0.466 e. The van der Waals surface area contributed by atoms with E-state index in [9.17, 15) is 9.59 Å². The number of aryl methyl sites for hydroxylation is 3. The molecule has 0 N–H and O–H groups in total. The lowest BCUT2D eigenvalue weighted by molar-refractivity contribution is 0.0717. The predicted molar refractivity (Wildman–Crippen MR) is 101 cm³/mol. The molecule has 1 aliphatic rings. The van der Waals surface area contributed by atoms with Crippen molar-refractivity contribution in [2.75, 3.05) is 26.2 Å². The minimum absolute atomic E-state index is 0.00158. The fraction of sp³-hybridized carbons (Fsp3) is 0.429. The van der Waals surface area contributed by atoms with Crippen LogP contribution < -0.4 is 0 Å². The van der Waals surface area contributed by atoms with Crippen molar-refractivity contribution in [3.05, 3.63) is 58.0 Å². The van der Waals surface area contributed by atoms with E-state index in [2.05, 4.69) is 0 Å². The first kappa shape index (κ1) is 18.2. The van der Waals surface area contributed by atoms with Crippen LogP contribution in [0.5, 0.6) is 0 Å². The molecule has 3 rings (SSSR count). The van der Waals surface area contributed by atoms with Crippen LogP contribution in [0.15, 0.2) is 28.7 Å². The fourth-order valence-corrected chi connectivity index (χ4v) is 3.55. The monoisotopic (exact) mass is 354 g/mol. The summed E-state index contributed by atoms with van der Waals surface area (Å²) >= 11 is 0. The van der Waals surface area contributed by atoms with Gasteiger partial charge in [-0.2, -0.15) is 0 Å². The summed E-state index contributed by atoms with van der Waals surface area (Å²) < 4.78 is 5.60. The maximum absolute atomic E-state index is 13.0. The van der Waals surface area contributed by atoms with Gasteiger partial charge in [0.15, 0.2) is 0 Å². The Morgan fingerprint density at radius 3 is 2.12 bits per heavy atom. The van der Waals surface area contributed by atoms with Crippen molar-refractivity contribution in [1.29, 1.82) is 0 Å². The van der Waals surface area contributed by atoms with Gasteiger partial charge in [0.05, 0.1) is 5.56 Å². The first-order valence-electron chi connectivity index (χ1n) is 9.10. The third-order valence-electron chi connectivity index (χ3n) is 5.11. The lowest BCUT2D eigenvalue weighted by atomic mass is 10.1. The summed E-state index contributed by atoms with van der Waals surface area (Å²) in [6, 6.07) is 7.65. The second-order valence-corrected chi connectivity index (χ2v) is 7.02. The zero-order valence-electron chi connectivity index (χ0n) is 16.0. The Hall–Kier alpha value is -2.56. The van der Waals surface area contributed by atoms with Crippen molar-refractivity contribution >= 4 is 11.8 Å². The van der Waals surface area contributed by atoms with Crippen molar-refractivity contribution in [2.24, 2.45) is 0 Å². The molecule has 5 heteroatoms. The molecule has 1 aliphatic heterocycles. The molecule has 0 aliphatic carbocycles. The van der Waals surface area contributed by atoms with E-state index in [-0.39, 0.29) is 11.8 Å². The van der Waals surface area contributed by atoms with Crippen LogP contribution in [0.1, 0.15) is 49.8 Å². The van der Waals surface area contributed by atoms with Crippen LogP contribution in [0.2, 0.25) is 0 Å². The number of nitrogens with zero attached hydrogens (tertiary/aromatic N) is 2. The Bertz CT molecular complexity index is 838. The first-order valence-corrected chi connectivity index (χ1v) is 9.10. The van der Waals surface area contributed by atoms with Gasteiger partial charge >= 0.3 is 0 Å². The highest BCUT2D eigenvalue weighted by Crippen LogP contribution is 2.23. The van der Waals surface area contributed by atoms with Crippen molar-refractivity contribution < 1.29 is 14.0 Å². The minimum atomic E-state index is 0.00158. The molecule has 1 aromatic heterocycles. The summed E-state index contributed by atoms with van der Waals surface area (Å²) in [7, 11) is 0. The van der Waals surface area contributed by atoms with E-state index in [0.29, 0.717) is 43.1 Å². The molecule has 2 aromatic rings. The van der Waals surface area contributed by atoms with Gasteiger partial charge < -0.3 is 14.2 Å². The molecule has 5 nitrogen and oxygen atoms in total. The number of amides is 2. The topological polar surface area (TPSA) is 53.8 Å². The van der Waals surface area contributed by atoms with Gasteiger partial charge in [0.2, 0.25) is 0 Å². The number of rotatable bonds is 2. The van der Waals surface area contributed by atoms with Crippen molar-refractivity contribution in [3.63, 3.8) is 0 Å². The summed E-state index contributed by atoms with van der Waals surface area (Å²) in [5.74, 6) is 1.50. The van der Waals surface area contributed by atoms with Crippen LogP contribution in [0.4, 0.5) is 0 Å². The van der Waals surface area contributed by atoms with Gasteiger partial charge in [-0.1, -0.05) is 17.7 Å². The smallest absolute Gasteiger partial charge is 0.257 e. The predicted octanol–water partition coefficient (Wildman–Crippen LogP) is 3.50. The number of carbonyl (C=O) groups excluding carboxylic acids is 2. The van der Waals surface area contributed by atoms with Crippen LogP contribution >= 0.6 is 0 Å². The Morgan fingerprint density at radius 1 is 0.885 bits per heavy atom. The number of hydrogen-bond acceptors (Lipinski definition) is 3. The Labute approximate surface area is 154 Å². The lowest BCUT2D eigenvalue weighted by Crippen LogP contribution is -2.37. The summed E-state index contributed by atoms with van der Waals surface area (Å²) in [5, 5.41) is 0. The van der Waals surface area contributed by atoms with Gasteiger partial charge in [-0.15, -0.1) is 0 Å². The molecule has 1 aromatic carbocycles. The highest BCUT2D eigenvalue weighted by molar-refractivity contribution is 5.97. The summed E-state index contributed by atoms with van der Waals surface area (Å²) in [6.07, 6.45) is 0.776. The second-order valence-electron chi connectivity index (χ2n) is 7.02. The fourth-order valence-electron chi connectivity index (χ4n) is 3.55. The quantitative estimate of drug-likeness (QED) is 0.829. The van der Waals surface area contributed by atoms with Crippen LogP contribution in [0, 0.1) is 27.7 Å². The molecule has 1 fully saturated rings. The van der Waals surface area contributed by atoms with Gasteiger partial charge in [0.1, 0.15) is 11.5 Å². The first-order chi connectivity index (χ1) is 12.4. The molecule has 2 heterocycles. The molecule has 0 spiro atoms. The van der Waals surface area contributed by atoms with E-state index in [1.807, 2.05) is 61.8 Å². The zero-order valence-corrected chi connectivity index (χ0v) is 16.0. The molecule has 138 valence electrons. The number of furan rings is 1. The van der Waals surface area contributed by atoms with Crippen LogP contribution in [-0.2, 0) is 0 Å². The van der Waals surface area contributed by atoms with Crippen LogP contribution in [-0.4, -0.2) is 47.8 Å². The van der Waals surface area contributed by atoms with Crippen LogP contribution in [0.3, 0.4) is 0 Å². The zero-order chi connectivity index (χ0) is 18.8. The minimum Gasteiger partial charge on any atom is -0.466 e. The number of benzene rings is 1. The second kappa shape index (κ2) is 7.36. The van der Waals surface area contributed by atoms with E-state index in [1.165, 1.54) is 0 Å². The van der Waals surface area contributed by atoms with Crippen LogP contribution in [0.25, 0.3) is 0 Å². The van der Waals surface area contributed by atoms with Gasteiger partial charge in [0.25, 0.3) is 11.8 Å². The normalized spacial score (nSPS) is 15.1. The Balaban J connectivity index is 1.72. The molecule has 2 amide bonds. The van der Waals surface area contributed by atoms with Gasteiger partial charge in [-0.05, 0) is 46.2 Å². The standard InChI is InChI=1S/C21H26N2O3/c1-14-7-5-8-18(13-14)20(24)22-9-6-10-23(12-11-22)21(25)19-15(2)16(3)26-17(19)4/h5,7-8,13H,6,9-12H2,1-4H3. The van der Waals surface area contributed by atoms with E-state index >= 15 is 0 Å². The van der Waals surface area contributed by atoms with Gasteiger partial charge in [0, 0.05) is 37.3 Å². The molecule has 0 saturated carbocycles. The SMILES string of the molecule is Cc1cccc(C(=O)N2CCCN(C(=O)c3c(C)oc(C)c3C)CC2)c1. The lowest BCUT2D eigenvalue weighted by Gasteiger charge is -2.22. The third-order valence-corrected chi connectivity index (χ3v) is 5.11. The van der Waals surface area contributed by atoms with Gasteiger partial charge in [-0.3, -0.25) is 9.59 Å². The summed E-state index contributed by atoms with van der Waals surface area (Å²) in [6.45, 7) is 10.0. The highest BCUT2D eigenvalue weighted by Gasteiger charge is 2.27. The summed E-state index contributed by atoms with van der Waals surface area (Å²) in [5.41, 5.74) is 3.36. The maximum Gasteiger partial charge on any atom is 0.257 e. The molecular weight excluding hydrogens is 328 g/mol. The molecular formula is C21H26N2O3. The average molecular weight is 354 g/mol. The Kier molecular flexibility index (Phi) is 5.16. The molecule has 26 heavy (non-hydrogen) atoms. The number of hydrogen-bond donors (Lipinski definition) is 0. The van der Waals surface area contributed by atoms with Crippen molar-refractivity contribution in [2.45, 2.75) is 34.1 Å². The van der Waals surface area contributed by atoms with E-state index in [0.717, 1.165) is 23.3 Å². The number of carbonyl (C=O) groups is 2. The molecule has 1 saturated heterocycles. The van der Waals surface area contributed by atoms with Crippen molar-refractivity contribution in [1.82, 2.24) is 9.80 Å². The van der Waals surface area contributed by atoms with Crippen molar-refractivity contribution in [3.8, 4) is 0 Å². The average Bonchev–Trinajstić information content (AvgIpc) is 2.80. The molecule has 0 radical (unpaired) electrons. The molecule has 0 atom stereocenters. The summed E-state index contributed by atoms with van der Waals surface area (Å²) in [4.78, 5) is 29.4. The molecule has 0 bridgehead atoms. The maximum atomic E-state index is 13.0. The van der Waals surface area contributed by atoms with E-state index < -0.39 is 0 Å². The van der Waals surface area contributed by atoms with E-state index in [4.69, 9.17) is 4.42 Å².